The molecule has 7 heteroatoms. The quantitative estimate of drug-likeness (QED) is 0.769. The van der Waals surface area contributed by atoms with Crippen molar-refractivity contribution in [1.82, 2.24) is 10.2 Å². The van der Waals surface area contributed by atoms with Crippen LogP contribution < -0.4 is 10.1 Å². The molecule has 0 unspecified atom stereocenters. The normalized spacial score (nSPS) is 23.4. The molecule has 2 aromatic rings. The third-order valence-electron chi connectivity index (χ3n) is 6.17. The molecule has 164 valence electrons. The molecule has 2 aliphatic rings. The Balaban J connectivity index is 1.53. The van der Waals surface area contributed by atoms with Crippen LogP contribution in [0.2, 0.25) is 5.02 Å². The van der Waals surface area contributed by atoms with Crippen molar-refractivity contribution < 1.29 is 19.1 Å². The molecule has 1 heterocycles. The minimum Gasteiger partial charge on any atom is -0.497 e. The standard InChI is InChI=1S/C24H27ClN2O4/c1-30-20-7-5-16(6-8-20)21-14-19(26-23(28)17-3-2-4-18(25)13-17)15-22(21)24(29)27-9-11-31-12-10-27/h2-8,13,19,21-22H,9-12,14-15H2,1H3,(H,26,28)/t19-,21+,22-/m0/s1. The number of carbonyl (C=O) groups excluding carboxylic acids is 2. The number of amides is 2. The monoisotopic (exact) mass is 442 g/mol. The second-order valence-electron chi connectivity index (χ2n) is 8.08. The lowest BCUT2D eigenvalue weighted by atomic mass is 9.88. The molecule has 2 aromatic carbocycles. The number of rotatable bonds is 5. The maximum Gasteiger partial charge on any atom is 0.251 e. The van der Waals surface area contributed by atoms with Gasteiger partial charge in [0.1, 0.15) is 5.75 Å². The molecule has 3 atom stereocenters. The Morgan fingerprint density at radius 2 is 1.84 bits per heavy atom. The van der Waals surface area contributed by atoms with Crippen LogP contribution in [0, 0.1) is 5.92 Å². The van der Waals surface area contributed by atoms with Crippen LogP contribution in [0.5, 0.6) is 5.75 Å². The van der Waals surface area contributed by atoms with Crippen molar-refractivity contribution in [3.05, 3.63) is 64.7 Å². The van der Waals surface area contributed by atoms with Crippen molar-refractivity contribution in [3.8, 4) is 5.75 Å². The van der Waals surface area contributed by atoms with E-state index in [1.54, 1.807) is 31.4 Å². The van der Waals surface area contributed by atoms with Crippen LogP contribution in [0.15, 0.2) is 48.5 Å². The molecular formula is C24H27ClN2O4. The molecule has 4 rings (SSSR count). The summed E-state index contributed by atoms with van der Waals surface area (Å²) in [6.45, 7) is 2.37. The highest BCUT2D eigenvalue weighted by Crippen LogP contribution is 2.41. The van der Waals surface area contributed by atoms with E-state index in [2.05, 4.69) is 5.32 Å². The molecule has 1 saturated heterocycles. The minimum atomic E-state index is -0.184. The maximum absolute atomic E-state index is 13.4. The Kier molecular flexibility index (Phi) is 6.78. The van der Waals surface area contributed by atoms with E-state index in [0.29, 0.717) is 49.7 Å². The lowest BCUT2D eigenvalue weighted by Crippen LogP contribution is -2.44. The summed E-state index contributed by atoms with van der Waals surface area (Å²) < 4.78 is 10.7. The van der Waals surface area contributed by atoms with Gasteiger partial charge in [0.15, 0.2) is 0 Å². The van der Waals surface area contributed by atoms with Crippen molar-refractivity contribution in [3.63, 3.8) is 0 Å². The second-order valence-corrected chi connectivity index (χ2v) is 8.51. The van der Waals surface area contributed by atoms with Gasteiger partial charge < -0.3 is 19.7 Å². The summed E-state index contributed by atoms with van der Waals surface area (Å²) in [7, 11) is 1.64. The smallest absolute Gasteiger partial charge is 0.251 e. The third-order valence-corrected chi connectivity index (χ3v) is 6.40. The number of methoxy groups -OCH3 is 1. The van der Waals surface area contributed by atoms with Crippen LogP contribution >= 0.6 is 11.6 Å². The van der Waals surface area contributed by atoms with E-state index in [4.69, 9.17) is 21.1 Å². The van der Waals surface area contributed by atoms with Crippen molar-refractivity contribution in [2.24, 2.45) is 5.92 Å². The van der Waals surface area contributed by atoms with Gasteiger partial charge in [0.25, 0.3) is 5.91 Å². The number of ether oxygens (including phenoxy) is 2. The highest BCUT2D eigenvalue weighted by atomic mass is 35.5. The zero-order valence-corrected chi connectivity index (χ0v) is 18.3. The molecule has 0 spiro atoms. The van der Waals surface area contributed by atoms with Crippen LogP contribution in [0.1, 0.15) is 34.7 Å². The Morgan fingerprint density at radius 3 is 2.52 bits per heavy atom. The predicted octanol–water partition coefficient (Wildman–Crippen LogP) is 3.50. The first-order chi connectivity index (χ1) is 15.0. The first-order valence-electron chi connectivity index (χ1n) is 10.6. The van der Waals surface area contributed by atoms with Gasteiger partial charge in [-0.25, -0.2) is 0 Å². The number of benzene rings is 2. The minimum absolute atomic E-state index is 0.0333. The fourth-order valence-electron chi connectivity index (χ4n) is 4.56. The van der Waals surface area contributed by atoms with Crippen molar-refractivity contribution in [2.75, 3.05) is 33.4 Å². The average Bonchev–Trinajstić information content (AvgIpc) is 3.23. The molecule has 2 fully saturated rings. The summed E-state index contributed by atoms with van der Waals surface area (Å²) >= 11 is 6.03. The van der Waals surface area contributed by atoms with Gasteiger partial charge in [-0.15, -0.1) is 0 Å². The van der Waals surface area contributed by atoms with Crippen LogP contribution in [-0.4, -0.2) is 56.2 Å². The second kappa shape index (κ2) is 9.71. The van der Waals surface area contributed by atoms with Crippen LogP contribution in [0.4, 0.5) is 0 Å². The zero-order chi connectivity index (χ0) is 21.8. The number of morpholine rings is 1. The fourth-order valence-corrected chi connectivity index (χ4v) is 4.76. The molecular weight excluding hydrogens is 416 g/mol. The largest absolute Gasteiger partial charge is 0.497 e. The topological polar surface area (TPSA) is 67.9 Å². The lowest BCUT2D eigenvalue weighted by molar-refractivity contribution is -0.140. The number of nitrogens with one attached hydrogen (secondary N) is 1. The van der Waals surface area contributed by atoms with E-state index in [-0.39, 0.29) is 29.7 Å². The molecule has 1 N–H and O–H groups in total. The summed E-state index contributed by atoms with van der Waals surface area (Å²) in [4.78, 5) is 28.0. The highest BCUT2D eigenvalue weighted by molar-refractivity contribution is 6.30. The molecule has 2 amide bonds. The van der Waals surface area contributed by atoms with Crippen molar-refractivity contribution in [1.29, 1.82) is 0 Å². The molecule has 1 aliphatic heterocycles. The first-order valence-corrected chi connectivity index (χ1v) is 11.0. The zero-order valence-electron chi connectivity index (χ0n) is 17.6. The van der Waals surface area contributed by atoms with E-state index in [1.165, 1.54) is 0 Å². The summed E-state index contributed by atoms with van der Waals surface area (Å²) in [6, 6.07) is 14.7. The van der Waals surface area contributed by atoms with Crippen molar-refractivity contribution in [2.45, 2.75) is 24.8 Å². The average molecular weight is 443 g/mol. The molecule has 1 aliphatic carbocycles. The fraction of sp³-hybridized carbons (Fsp3) is 0.417. The Morgan fingerprint density at radius 1 is 1.10 bits per heavy atom. The van der Waals surface area contributed by atoms with E-state index in [9.17, 15) is 9.59 Å². The summed E-state index contributed by atoms with van der Waals surface area (Å²) in [5.41, 5.74) is 1.61. The summed E-state index contributed by atoms with van der Waals surface area (Å²) in [6.07, 6.45) is 1.32. The van der Waals surface area contributed by atoms with Gasteiger partial charge >= 0.3 is 0 Å². The molecule has 6 nitrogen and oxygen atoms in total. The number of hydrogen-bond acceptors (Lipinski definition) is 4. The molecule has 1 saturated carbocycles. The van der Waals surface area contributed by atoms with Crippen LogP contribution in [0.25, 0.3) is 0 Å². The van der Waals surface area contributed by atoms with E-state index >= 15 is 0 Å². The van der Waals surface area contributed by atoms with Crippen LogP contribution in [-0.2, 0) is 9.53 Å². The van der Waals surface area contributed by atoms with E-state index < -0.39 is 0 Å². The number of hydrogen-bond donors (Lipinski definition) is 1. The SMILES string of the molecule is COc1ccc([C@H]2C[C@H](NC(=O)c3cccc(Cl)c3)C[C@@H]2C(=O)N2CCOCC2)cc1. The number of carbonyl (C=O) groups is 2. The van der Waals surface area contributed by atoms with Gasteiger partial charge in [0.2, 0.25) is 5.91 Å². The molecule has 31 heavy (non-hydrogen) atoms. The lowest BCUT2D eigenvalue weighted by Gasteiger charge is -2.31. The highest BCUT2D eigenvalue weighted by Gasteiger charge is 2.42. The molecule has 0 radical (unpaired) electrons. The van der Waals surface area contributed by atoms with E-state index in [1.807, 2.05) is 29.2 Å². The Hall–Kier alpha value is -2.57. The van der Waals surface area contributed by atoms with Gasteiger partial charge in [-0.1, -0.05) is 29.8 Å². The first kappa shape index (κ1) is 21.7. The summed E-state index contributed by atoms with van der Waals surface area (Å²) in [5.74, 6) is 0.606. The number of halogens is 1. The predicted molar refractivity (Wildman–Crippen MR) is 119 cm³/mol. The molecule has 0 aromatic heterocycles. The molecule has 0 bridgehead atoms. The third kappa shape index (κ3) is 5.02. The van der Waals surface area contributed by atoms with Gasteiger partial charge in [-0.05, 0) is 54.7 Å². The van der Waals surface area contributed by atoms with Gasteiger partial charge in [0.05, 0.1) is 20.3 Å². The van der Waals surface area contributed by atoms with Crippen LogP contribution in [0.3, 0.4) is 0 Å². The van der Waals surface area contributed by atoms with Gasteiger partial charge in [0, 0.05) is 35.6 Å². The number of nitrogens with zero attached hydrogens (tertiary/aromatic N) is 1. The van der Waals surface area contributed by atoms with Gasteiger partial charge in [-0.2, -0.15) is 0 Å². The summed E-state index contributed by atoms with van der Waals surface area (Å²) in [5, 5.41) is 3.64. The van der Waals surface area contributed by atoms with Crippen molar-refractivity contribution >= 4 is 23.4 Å². The Labute approximate surface area is 187 Å². The maximum atomic E-state index is 13.4. The van der Waals surface area contributed by atoms with E-state index in [0.717, 1.165) is 11.3 Å². The Bertz CT molecular complexity index is 927. The van der Waals surface area contributed by atoms with Gasteiger partial charge in [-0.3, -0.25) is 9.59 Å².